The first-order valence-corrected chi connectivity index (χ1v) is 7.37. The Morgan fingerprint density at radius 1 is 1.61 bits per heavy atom. The SMILES string of the molecule is CC[C@H](C)CC(=O)NS(=O)(=O)c1cnc(Cl)n1C. The molecule has 102 valence electrons. The predicted octanol–water partition coefficient (Wildman–Crippen LogP) is 1.31. The minimum absolute atomic E-state index is 0.0461. The second kappa shape index (κ2) is 5.71. The zero-order chi connectivity index (χ0) is 13.9. The van der Waals surface area contributed by atoms with Crippen LogP contribution in [0.3, 0.4) is 0 Å². The Morgan fingerprint density at radius 3 is 2.67 bits per heavy atom. The maximum atomic E-state index is 11.9. The number of amides is 1. The number of carbonyl (C=O) groups excluding carboxylic acids is 1. The molecule has 0 radical (unpaired) electrons. The molecule has 0 aromatic carbocycles. The highest BCUT2D eigenvalue weighted by Gasteiger charge is 2.23. The van der Waals surface area contributed by atoms with E-state index in [0.29, 0.717) is 0 Å². The highest BCUT2D eigenvalue weighted by molar-refractivity contribution is 7.90. The fourth-order valence-corrected chi connectivity index (χ4v) is 2.64. The summed E-state index contributed by atoms with van der Waals surface area (Å²) in [5.74, 6) is -0.392. The van der Waals surface area contributed by atoms with E-state index >= 15 is 0 Å². The topological polar surface area (TPSA) is 81.1 Å². The van der Waals surface area contributed by atoms with Crippen LogP contribution in [-0.2, 0) is 21.9 Å². The van der Waals surface area contributed by atoms with Gasteiger partial charge in [-0.1, -0.05) is 20.3 Å². The van der Waals surface area contributed by atoms with E-state index in [9.17, 15) is 13.2 Å². The normalized spacial score (nSPS) is 13.3. The van der Waals surface area contributed by atoms with Crippen LogP contribution in [0.5, 0.6) is 0 Å². The van der Waals surface area contributed by atoms with Crippen LogP contribution in [0.25, 0.3) is 0 Å². The molecule has 0 fully saturated rings. The van der Waals surface area contributed by atoms with Crippen LogP contribution in [0.2, 0.25) is 5.28 Å². The summed E-state index contributed by atoms with van der Waals surface area (Å²) in [5.41, 5.74) is 0. The third kappa shape index (κ3) is 3.46. The van der Waals surface area contributed by atoms with E-state index < -0.39 is 15.9 Å². The Labute approximate surface area is 111 Å². The molecule has 1 heterocycles. The van der Waals surface area contributed by atoms with Crippen molar-refractivity contribution in [3.63, 3.8) is 0 Å². The summed E-state index contributed by atoms with van der Waals surface area (Å²) in [5, 5.41) is -0.0882. The number of aromatic nitrogens is 2. The predicted molar refractivity (Wildman–Crippen MR) is 67.6 cm³/mol. The summed E-state index contributed by atoms with van der Waals surface area (Å²) in [6.07, 6.45) is 2.09. The summed E-state index contributed by atoms with van der Waals surface area (Å²) in [6.45, 7) is 3.82. The molecule has 18 heavy (non-hydrogen) atoms. The number of nitrogens with one attached hydrogen (secondary N) is 1. The maximum Gasteiger partial charge on any atom is 0.281 e. The first kappa shape index (κ1) is 15.0. The molecule has 1 rings (SSSR count). The van der Waals surface area contributed by atoms with Gasteiger partial charge in [-0.3, -0.25) is 4.79 Å². The molecule has 8 heteroatoms. The molecular formula is C10H16ClN3O3S. The average molecular weight is 294 g/mol. The minimum Gasteiger partial charge on any atom is -0.307 e. The van der Waals surface area contributed by atoms with Crippen molar-refractivity contribution in [1.82, 2.24) is 14.3 Å². The van der Waals surface area contributed by atoms with E-state index in [2.05, 4.69) is 4.98 Å². The monoisotopic (exact) mass is 293 g/mol. The smallest absolute Gasteiger partial charge is 0.281 e. The number of hydrogen-bond donors (Lipinski definition) is 1. The number of nitrogens with zero attached hydrogens (tertiary/aromatic N) is 2. The second-order valence-electron chi connectivity index (χ2n) is 4.17. The van der Waals surface area contributed by atoms with E-state index in [1.54, 1.807) is 0 Å². The van der Waals surface area contributed by atoms with E-state index in [-0.39, 0.29) is 22.6 Å². The molecule has 0 aliphatic carbocycles. The molecule has 0 saturated carbocycles. The molecule has 0 unspecified atom stereocenters. The Hall–Kier alpha value is -1.08. The van der Waals surface area contributed by atoms with Crippen molar-refractivity contribution in [2.75, 3.05) is 0 Å². The van der Waals surface area contributed by atoms with Crippen LogP contribution in [-0.4, -0.2) is 23.9 Å². The molecule has 0 saturated heterocycles. The van der Waals surface area contributed by atoms with E-state index in [1.165, 1.54) is 11.6 Å². The fraction of sp³-hybridized carbons (Fsp3) is 0.600. The van der Waals surface area contributed by atoms with Gasteiger partial charge < -0.3 is 4.57 Å². The van der Waals surface area contributed by atoms with Gasteiger partial charge >= 0.3 is 0 Å². The second-order valence-corrected chi connectivity index (χ2v) is 6.14. The molecule has 1 aromatic heterocycles. The molecule has 1 amide bonds. The molecule has 1 N–H and O–H groups in total. The van der Waals surface area contributed by atoms with Crippen molar-refractivity contribution < 1.29 is 13.2 Å². The van der Waals surface area contributed by atoms with E-state index in [1.807, 2.05) is 18.6 Å². The Balaban J connectivity index is 2.83. The summed E-state index contributed by atoms with van der Waals surface area (Å²) in [7, 11) is -2.45. The van der Waals surface area contributed by atoms with Crippen LogP contribution in [0.4, 0.5) is 0 Å². The first-order chi connectivity index (χ1) is 8.27. The van der Waals surface area contributed by atoms with Gasteiger partial charge in [0.1, 0.15) is 0 Å². The third-order valence-electron chi connectivity index (χ3n) is 2.64. The lowest BCUT2D eigenvalue weighted by molar-refractivity contribution is -0.120. The van der Waals surface area contributed by atoms with Crippen LogP contribution in [0.15, 0.2) is 11.2 Å². The Kier molecular flexibility index (Phi) is 4.75. The van der Waals surface area contributed by atoms with Crippen LogP contribution in [0.1, 0.15) is 26.7 Å². The number of rotatable bonds is 5. The van der Waals surface area contributed by atoms with Crippen LogP contribution >= 0.6 is 11.6 Å². The van der Waals surface area contributed by atoms with Gasteiger partial charge in [0.25, 0.3) is 10.0 Å². The van der Waals surface area contributed by atoms with Gasteiger partial charge in [0.05, 0.1) is 6.20 Å². The summed E-state index contributed by atoms with van der Waals surface area (Å²) >= 11 is 5.65. The molecule has 1 aromatic rings. The molecule has 6 nitrogen and oxygen atoms in total. The quantitative estimate of drug-likeness (QED) is 0.887. The highest BCUT2D eigenvalue weighted by Crippen LogP contribution is 2.14. The largest absolute Gasteiger partial charge is 0.307 e. The lowest BCUT2D eigenvalue weighted by Gasteiger charge is -2.10. The lowest BCUT2D eigenvalue weighted by atomic mass is 10.1. The number of halogens is 1. The van der Waals surface area contributed by atoms with Crippen LogP contribution in [0, 0.1) is 5.92 Å². The number of hydrogen-bond acceptors (Lipinski definition) is 4. The standard InChI is InChI=1S/C10H16ClN3O3S/c1-4-7(2)5-8(15)13-18(16,17)9-6-12-10(11)14(9)3/h6-7H,4-5H2,1-3H3,(H,13,15)/t7-/m0/s1. The zero-order valence-electron chi connectivity index (χ0n) is 10.5. The molecular weight excluding hydrogens is 278 g/mol. The van der Waals surface area contributed by atoms with Gasteiger partial charge in [0.15, 0.2) is 5.03 Å². The van der Waals surface area contributed by atoms with Gasteiger partial charge in [-0.2, -0.15) is 8.42 Å². The van der Waals surface area contributed by atoms with Crippen LogP contribution < -0.4 is 4.72 Å². The fourth-order valence-electron chi connectivity index (χ4n) is 1.33. The summed E-state index contributed by atoms with van der Waals surface area (Å²) in [4.78, 5) is 15.2. The van der Waals surface area contributed by atoms with Crippen molar-refractivity contribution in [3.8, 4) is 0 Å². The van der Waals surface area contributed by atoms with Gasteiger partial charge in [0, 0.05) is 13.5 Å². The lowest BCUT2D eigenvalue weighted by Crippen LogP contribution is -2.32. The zero-order valence-corrected chi connectivity index (χ0v) is 12.0. The summed E-state index contributed by atoms with van der Waals surface area (Å²) < 4.78 is 27.0. The molecule has 0 spiro atoms. The van der Waals surface area contributed by atoms with Gasteiger partial charge in [0.2, 0.25) is 11.2 Å². The van der Waals surface area contributed by atoms with Crippen molar-refractivity contribution in [3.05, 3.63) is 11.5 Å². The molecule has 0 aliphatic rings. The number of sulfonamides is 1. The third-order valence-corrected chi connectivity index (χ3v) is 4.42. The average Bonchev–Trinajstić information content (AvgIpc) is 2.59. The van der Waals surface area contributed by atoms with Crippen molar-refractivity contribution in [2.45, 2.75) is 31.7 Å². The highest BCUT2D eigenvalue weighted by atomic mass is 35.5. The maximum absolute atomic E-state index is 11.9. The number of imidazole rings is 1. The van der Waals surface area contributed by atoms with Gasteiger partial charge in [-0.15, -0.1) is 0 Å². The molecule has 1 atom stereocenters. The summed E-state index contributed by atoms with van der Waals surface area (Å²) in [6, 6.07) is 0. The Morgan fingerprint density at radius 2 is 2.22 bits per heavy atom. The van der Waals surface area contributed by atoms with Crippen molar-refractivity contribution in [2.24, 2.45) is 13.0 Å². The Bertz CT molecular complexity index is 539. The van der Waals surface area contributed by atoms with Crippen molar-refractivity contribution >= 4 is 27.5 Å². The van der Waals surface area contributed by atoms with E-state index in [0.717, 1.165) is 12.6 Å². The van der Waals surface area contributed by atoms with E-state index in [4.69, 9.17) is 11.6 Å². The van der Waals surface area contributed by atoms with Gasteiger partial charge in [-0.25, -0.2) is 9.71 Å². The minimum atomic E-state index is -3.91. The first-order valence-electron chi connectivity index (χ1n) is 5.50. The number of carbonyl (C=O) groups is 1. The van der Waals surface area contributed by atoms with Gasteiger partial charge in [-0.05, 0) is 17.5 Å². The molecule has 0 aliphatic heterocycles. The van der Waals surface area contributed by atoms with Crippen molar-refractivity contribution in [1.29, 1.82) is 0 Å². The molecule has 0 bridgehead atoms.